The van der Waals surface area contributed by atoms with E-state index in [1.54, 1.807) is 34.4 Å². The molecule has 0 radical (unpaired) electrons. The van der Waals surface area contributed by atoms with Crippen LogP contribution in [-0.2, 0) is 5.75 Å². The average molecular weight is 467 g/mol. The molecule has 1 aliphatic carbocycles. The van der Waals surface area contributed by atoms with Gasteiger partial charge >= 0.3 is 0 Å². The van der Waals surface area contributed by atoms with Crippen LogP contribution < -0.4 is 5.32 Å². The lowest BCUT2D eigenvalue weighted by atomic mass is 9.96. The van der Waals surface area contributed by atoms with Crippen molar-refractivity contribution in [1.29, 1.82) is 0 Å². The summed E-state index contributed by atoms with van der Waals surface area (Å²) in [5.74, 6) is 0.822. The fourth-order valence-corrected chi connectivity index (χ4v) is 6.05. The second-order valence-electron chi connectivity index (χ2n) is 6.30. The first-order valence-corrected chi connectivity index (χ1v) is 12.2. The number of nitrogens with zero attached hydrogens (tertiary/aromatic N) is 3. The van der Waals surface area contributed by atoms with Crippen molar-refractivity contribution in [2.24, 2.45) is 0 Å². The highest BCUT2D eigenvalue weighted by Crippen LogP contribution is 2.32. The van der Waals surface area contributed by atoms with E-state index in [9.17, 15) is 0 Å². The van der Waals surface area contributed by atoms with Gasteiger partial charge < -0.3 is 5.32 Å². The lowest BCUT2D eigenvalue weighted by molar-refractivity contribution is 0.462. The zero-order valence-electron chi connectivity index (χ0n) is 14.2. The molecule has 0 amide bonds. The molecule has 1 saturated carbocycles. The maximum Gasteiger partial charge on any atom is 0.206 e. The van der Waals surface area contributed by atoms with E-state index in [0.29, 0.717) is 6.04 Å². The zero-order valence-corrected chi connectivity index (χ0v) is 18.2. The van der Waals surface area contributed by atoms with Crippen molar-refractivity contribution < 1.29 is 0 Å². The van der Waals surface area contributed by atoms with E-state index >= 15 is 0 Å². The molecule has 3 aromatic rings. The summed E-state index contributed by atoms with van der Waals surface area (Å²) in [6.45, 7) is 0. The average Bonchev–Trinajstić information content (AvgIpc) is 3.30. The lowest BCUT2D eigenvalue weighted by Crippen LogP contribution is -2.21. The van der Waals surface area contributed by atoms with E-state index in [1.165, 1.54) is 32.1 Å². The number of halogens is 1. The van der Waals surface area contributed by atoms with Gasteiger partial charge in [0.2, 0.25) is 5.13 Å². The van der Waals surface area contributed by atoms with Crippen LogP contribution in [0, 0.1) is 0 Å². The van der Waals surface area contributed by atoms with Crippen LogP contribution in [0.5, 0.6) is 0 Å². The van der Waals surface area contributed by atoms with Gasteiger partial charge in [-0.05, 0) is 25.0 Å². The normalized spacial score (nSPS) is 15.3. The minimum absolute atomic E-state index is 0.570. The Kier molecular flexibility index (Phi) is 6.24. The Bertz CT molecular complexity index is 858. The van der Waals surface area contributed by atoms with E-state index in [1.807, 2.05) is 12.1 Å². The number of rotatable bonds is 6. The minimum atomic E-state index is 0.570. The first-order chi connectivity index (χ1) is 12.8. The van der Waals surface area contributed by atoms with Crippen LogP contribution in [0.2, 0.25) is 0 Å². The van der Waals surface area contributed by atoms with Gasteiger partial charge in [-0.15, -0.1) is 21.5 Å². The highest BCUT2D eigenvalue weighted by atomic mass is 79.9. The SMILES string of the molecule is Brc1cccc(-c2nc(CSc3nnc(NC4CCCCC4)s3)cs2)c1. The molecule has 8 heteroatoms. The molecular formula is C18H19BrN4S3. The number of hydrogen-bond acceptors (Lipinski definition) is 7. The van der Waals surface area contributed by atoms with E-state index in [2.05, 4.69) is 49.0 Å². The fourth-order valence-electron chi connectivity index (χ4n) is 3.01. The summed E-state index contributed by atoms with van der Waals surface area (Å²) in [6, 6.07) is 8.83. The van der Waals surface area contributed by atoms with Crippen molar-refractivity contribution in [3.63, 3.8) is 0 Å². The van der Waals surface area contributed by atoms with Crippen molar-refractivity contribution in [3.8, 4) is 10.6 Å². The number of thiazole rings is 1. The third-order valence-corrected chi connectivity index (χ3v) is 7.76. The van der Waals surface area contributed by atoms with Crippen molar-refractivity contribution in [1.82, 2.24) is 15.2 Å². The molecule has 2 aromatic heterocycles. The van der Waals surface area contributed by atoms with Crippen LogP contribution in [0.25, 0.3) is 10.6 Å². The monoisotopic (exact) mass is 466 g/mol. The Morgan fingerprint density at radius 2 is 2.08 bits per heavy atom. The molecule has 1 fully saturated rings. The summed E-state index contributed by atoms with van der Waals surface area (Å²) in [5.41, 5.74) is 2.24. The number of benzene rings is 1. The largest absolute Gasteiger partial charge is 0.357 e. The van der Waals surface area contributed by atoms with Gasteiger partial charge in [0, 0.05) is 27.2 Å². The summed E-state index contributed by atoms with van der Waals surface area (Å²) in [6.07, 6.45) is 6.51. The molecule has 136 valence electrons. The second kappa shape index (κ2) is 8.82. The lowest BCUT2D eigenvalue weighted by Gasteiger charge is -2.21. The fraction of sp³-hybridized carbons (Fsp3) is 0.389. The van der Waals surface area contributed by atoms with Gasteiger partial charge in [-0.2, -0.15) is 0 Å². The molecule has 0 atom stereocenters. The zero-order chi connectivity index (χ0) is 17.8. The maximum atomic E-state index is 4.75. The third-order valence-electron chi connectivity index (χ3n) is 4.31. The number of anilines is 1. The standard InChI is InChI=1S/C18H19BrN4S3/c19-13-6-4-5-12(9-13)16-20-15(10-24-16)11-25-18-23-22-17(26-18)21-14-7-2-1-3-8-14/h4-6,9-10,14H,1-3,7-8,11H2,(H,21,22). The van der Waals surface area contributed by atoms with E-state index in [4.69, 9.17) is 4.98 Å². The van der Waals surface area contributed by atoms with Crippen LogP contribution in [0.1, 0.15) is 37.8 Å². The topological polar surface area (TPSA) is 50.7 Å². The van der Waals surface area contributed by atoms with Crippen LogP contribution >= 0.6 is 50.4 Å². The highest BCUT2D eigenvalue weighted by molar-refractivity contribution is 9.10. The smallest absolute Gasteiger partial charge is 0.206 e. The highest BCUT2D eigenvalue weighted by Gasteiger charge is 2.15. The molecule has 0 unspecified atom stereocenters. The minimum Gasteiger partial charge on any atom is -0.357 e. The van der Waals surface area contributed by atoms with Crippen LogP contribution in [0.4, 0.5) is 5.13 Å². The molecule has 4 nitrogen and oxygen atoms in total. The maximum absolute atomic E-state index is 4.75. The molecular weight excluding hydrogens is 448 g/mol. The third kappa shape index (κ3) is 4.85. The summed E-state index contributed by atoms with van der Waals surface area (Å²) in [4.78, 5) is 4.75. The molecule has 0 aliphatic heterocycles. The first kappa shape index (κ1) is 18.4. The second-order valence-corrected chi connectivity index (χ2v) is 10.3. The number of hydrogen-bond donors (Lipinski definition) is 1. The van der Waals surface area contributed by atoms with Crippen LogP contribution in [-0.4, -0.2) is 21.2 Å². The Hall–Kier alpha value is -0.960. The van der Waals surface area contributed by atoms with Gasteiger partial charge in [0.15, 0.2) is 4.34 Å². The Morgan fingerprint density at radius 3 is 2.92 bits per heavy atom. The molecule has 1 aliphatic rings. The van der Waals surface area contributed by atoms with Gasteiger partial charge in [0.1, 0.15) is 5.01 Å². The van der Waals surface area contributed by atoms with Crippen LogP contribution in [0.3, 0.4) is 0 Å². The predicted octanol–water partition coefficient (Wildman–Crippen LogP) is 6.46. The molecule has 0 spiro atoms. The van der Waals surface area contributed by atoms with E-state index < -0.39 is 0 Å². The molecule has 4 rings (SSSR count). The van der Waals surface area contributed by atoms with Gasteiger partial charge in [0.05, 0.1) is 5.69 Å². The molecule has 0 bridgehead atoms. The molecule has 26 heavy (non-hydrogen) atoms. The van der Waals surface area contributed by atoms with Crippen molar-refractivity contribution >= 4 is 55.5 Å². The predicted molar refractivity (Wildman–Crippen MR) is 115 cm³/mol. The van der Waals surface area contributed by atoms with Gasteiger partial charge in [-0.3, -0.25) is 0 Å². The number of aromatic nitrogens is 3. The Morgan fingerprint density at radius 1 is 1.19 bits per heavy atom. The summed E-state index contributed by atoms with van der Waals surface area (Å²) in [5, 5.41) is 16.3. The van der Waals surface area contributed by atoms with Crippen LogP contribution in [0.15, 0.2) is 38.5 Å². The van der Waals surface area contributed by atoms with Gasteiger partial charge in [0.25, 0.3) is 0 Å². The molecule has 2 heterocycles. The van der Waals surface area contributed by atoms with Crippen molar-refractivity contribution in [2.75, 3.05) is 5.32 Å². The first-order valence-electron chi connectivity index (χ1n) is 8.69. The van der Waals surface area contributed by atoms with Crippen molar-refractivity contribution in [3.05, 3.63) is 39.8 Å². The van der Waals surface area contributed by atoms with Gasteiger partial charge in [-0.1, -0.05) is 70.4 Å². The molecule has 0 saturated heterocycles. The van der Waals surface area contributed by atoms with E-state index in [-0.39, 0.29) is 0 Å². The summed E-state index contributed by atoms with van der Waals surface area (Å²) in [7, 11) is 0. The summed E-state index contributed by atoms with van der Waals surface area (Å²) >= 11 is 8.56. The number of nitrogens with one attached hydrogen (secondary N) is 1. The Balaban J connectivity index is 1.33. The van der Waals surface area contributed by atoms with Gasteiger partial charge in [-0.25, -0.2) is 4.98 Å². The molecule has 1 N–H and O–H groups in total. The summed E-state index contributed by atoms with van der Waals surface area (Å²) < 4.78 is 2.08. The molecule has 1 aromatic carbocycles. The Labute approximate surface area is 174 Å². The quantitative estimate of drug-likeness (QED) is 0.422. The van der Waals surface area contributed by atoms with Crippen molar-refractivity contribution in [2.45, 2.75) is 48.2 Å². The van der Waals surface area contributed by atoms with E-state index in [0.717, 1.165) is 36.0 Å². The number of thioether (sulfide) groups is 1.